The third-order valence-corrected chi connectivity index (χ3v) is 5.02. The smallest absolute Gasteiger partial charge is 0.306 e. The van der Waals surface area contributed by atoms with Gasteiger partial charge in [-0.05, 0) is 29.8 Å². The lowest BCUT2D eigenvalue weighted by Gasteiger charge is -2.28. The second kappa shape index (κ2) is 5.06. The van der Waals surface area contributed by atoms with Gasteiger partial charge in [-0.15, -0.1) is 0 Å². The fourth-order valence-electron chi connectivity index (χ4n) is 2.16. The third kappa shape index (κ3) is 2.31. The van der Waals surface area contributed by atoms with Crippen LogP contribution >= 0.6 is 0 Å². The number of nitrogens with zero attached hydrogens (tertiary/aromatic N) is 1. The molecular formula is C14H10F2N2O3S. The molecule has 8 heteroatoms. The number of benzene rings is 2. The second-order valence-corrected chi connectivity index (χ2v) is 6.52. The molecule has 0 atom stereocenters. The van der Waals surface area contributed by atoms with Crippen LogP contribution in [0.2, 0.25) is 0 Å². The van der Waals surface area contributed by atoms with E-state index in [-0.39, 0.29) is 22.7 Å². The summed E-state index contributed by atoms with van der Waals surface area (Å²) < 4.78 is 51.7. The lowest BCUT2D eigenvalue weighted by Crippen LogP contribution is -2.43. The van der Waals surface area contributed by atoms with Gasteiger partial charge in [0.05, 0.1) is 12.2 Å². The summed E-state index contributed by atoms with van der Waals surface area (Å²) >= 11 is 0. The Morgan fingerprint density at radius 1 is 1.05 bits per heavy atom. The summed E-state index contributed by atoms with van der Waals surface area (Å²) in [5.41, 5.74) is 0.353. The Kier molecular flexibility index (Phi) is 3.32. The van der Waals surface area contributed by atoms with E-state index in [2.05, 4.69) is 5.32 Å². The normalized spacial score (nSPS) is 16.1. The predicted molar refractivity (Wildman–Crippen MR) is 74.5 cm³/mol. The number of nitrogens with one attached hydrogen (secondary N) is 1. The molecule has 2 aromatic rings. The number of carbonyl (C=O) groups excluding carboxylic acids is 1. The van der Waals surface area contributed by atoms with Gasteiger partial charge >= 0.3 is 6.03 Å². The molecule has 2 amide bonds. The Morgan fingerprint density at radius 2 is 1.77 bits per heavy atom. The molecule has 0 unspecified atom stereocenters. The lowest BCUT2D eigenvalue weighted by atomic mass is 10.2. The van der Waals surface area contributed by atoms with Gasteiger partial charge in [-0.25, -0.2) is 26.3 Å². The van der Waals surface area contributed by atoms with Gasteiger partial charge in [0.1, 0.15) is 4.90 Å². The van der Waals surface area contributed by atoms with Crippen LogP contribution in [0, 0.1) is 11.6 Å². The molecule has 0 saturated heterocycles. The number of anilines is 1. The number of amides is 2. The highest BCUT2D eigenvalue weighted by Gasteiger charge is 2.36. The minimum atomic E-state index is -4.05. The van der Waals surface area contributed by atoms with Crippen LogP contribution < -0.4 is 5.32 Å². The molecule has 0 aromatic heterocycles. The summed E-state index contributed by atoms with van der Waals surface area (Å²) in [6.45, 7) is -0.389. The van der Waals surface area contributed by atoms with Crippen molar-refractivity contribution >= 4 is 21.7 Å². The van der Waals surface area contributed by atoms with Crippen molar-refractivity contribution in [3.05, 3.63) is 59.7 Å². The molecule has 1 heterocycles. The minimum absolute atomic E-state index is 0.0443. The van der Waals surface area contributed by atoms with Crippen molar-refractivity contribution in [3.8, 4) is 0 Å². The van der Waals surface area contributed by atoms with Gasteiger partial charge in [-0.2, -0.15) is 0 Å². The Morgan fingerprint density at radius 3 is 2.50 bits per heavy atom. The zero-order valence-electron chi connectivity index (χ0n) is 11.1. The van der Waals surface area contributed by atoms with E-state index in [1.54, 1.807) is 6.07 Å². The van der Waals surface area contributed by atoms with E-state index < -0.39 is 27.7 Å². The molecule has 0 aliphatic carbocycles. The van der Waals surface area contributed by atoms with Gasteiger partial charge in [0, 0.05) is 0 Å². The van der Waals surface area contributed by atoms with Crippen molar-refractivity contribution in [1.82, 2.24) is 4.31 Å². The molecule has 114 valence electrons. The first kappa shape index (κ1) is 14.5. The summed E-state index contributed by atoms with van der Waals surface area (Å²) in [5, 5.41) is 2.45. The molecule has 0 spiro atoms. The number of halogens is 2. The van der Waals surface area contributed by atoms with Crippen molar-refractivity contribution in [3.63, 3.8) is 0 Å². The molecule has 0 bridgehead atoms. The fourth-order valence-corrected chi connectivity index (χ4v) is 3.63. The van der Waals surface area contributed by atoms with Gasteiger partial charge in [0.15, 0.2) is 11.6 Å². The number of urea groups is 1. The van der Waals surface area contributed by atoms with Crippen molar-refractivity contribution in [2.75, 3.05) is 5.32 Å². The van der Waals surface area contributed by atoms with E-state index in [0.29, 0.717) is 4.31 Å². The van der Waals surface area contributed by atoms with Gasteiger partial charge in [0.2, 0.25) is 0 Å². The molecular weight excluding hydrogens is 314 g/mol. The van der Waals surface area contributed by atoms with Crippen molar-refractivity contribution in [2.24, 2.45) is 0 Å². The van der Waals surface area contributed by atoms with E-state index in [0.717, 1.165) is 12.1 Å². The van der Waals surface area contributed by atoms with Gasteiger partial charge < -0.3 is 5.32 Å². The number of hydrogen-bond acceptors (Lipinski definition) is 3. The first-order valence-corrected chi connectivity index (χ1v) is 7.70. The van der Waals surface area contributed by atoms with Crippen molar-refractivity contribution < 1.29 is 22.0 Å². The monoisotopic (exact) mass is 324 g/mol. The maximum atomic E-state index is 13.2. The van der Waals surface area contributed by atoms with E-state index >= 15 is 0 Å². The Hall–Kier alpha value is -2.48. The van der Waals surface area contributed by atoms with E-state index in [1.807, 2.05) is 0 Å². The maximum Gasteiger partial charge on any atom is 0.336 e. The summed E-state index contributed by atoms with van der Waals surface area (Å²) in [6.07, 6.45) is 0. The fraction of sp³-hybridized carbons (Fsp3) is 0.0714. The van der Waals surface area contributed by atoms with Crippen LogP contribution in [0.3, 0.4) is 0 Å². The highest BCUT2D eigenvalue weighted by molar-refractivity contribution is 7.90. The summed E-state index contributed by atoms with van der Waals surface area (Å²) in [6, 6.07) is 8.09. The number of fused-ring (bicyclic) bond motifs is 1. The van der Waals surface area contributed by atoms with Crippen LogP contribution in [0.1, 0.15) is 5.56 Å². The van der Waals surface area contributed by atoms with Crippen LogP contribution in [-0.4, -0.2) is 18.8 Å². The van der Waals surface area contributed by atoms with Crippen LogP contribution in [0.25, 0.3) is 0 Å². The Balaban J connectivity index is 2.00. The summed E-state index contributed by atoms with van der Waals surface area (Å²) in [4.78, 5) is 12.0. The molecule has 1 aliphatic heterocycles. The predicted octanol–water partition coefficient (Wildman–Crippen LogP) is 2.70. The van der Waals surface area contributed by atoms with Crippen molar-refractivity contribution in [2.45, 2.75) is 11.4 Å². The highest BCUT2D eigenvalue weighted by Crippen LogP contribution is 2.30. The first-order valence-electron chi connectivity index (χ1n) is 6.26. The molecule has 0 saturated carbocycles. The summed E-state index contributed by atoms with van der Waals surface area (Å²) in [7, 11) is -4.05. The molecule has 0 radical (unpaired) electrons. The zero-order valence-corrected chi connectivity index (χ0v) is 11.9. The molecule has 1 aliphatic rings. The van der Waals surface area contributed by atoms with Crippen molar-refractivity contribution in [1.29, 1.82) is 0 Å². The number of rotatable bonds is 2. The van der Waals surface area contributed by atoms with Crippen LogP contribution in [-0.2, 0) is 16.6 Å². The Bertz CT molecular complexity index is 868. The maximum absolute atomic E-state index is 13.2. The van der Waals surface area contributed by atoms with Crippen LogP contribution in [0.15, 0.2) is 47.4 Å². The van der Waals surface area contributed by atoms with Gasteiger partial charge in [-0.1, -0.05) is 18.2 Å². The number of para-hydroxylation sites is 1. The second-order valence-electron chi connectivity index (χ2n) is 4.69. The SMILES string of the molecule is O=C1Nc2ccccc2S(=O)(=O)N1Cc1ccc(F)c(F)c1. The average molecular weight is 324 g/mol. The van der Waals surface area contributed by atoms with Crippen LogP contribution in [0.5, 0.6) is 0 Å². The molecule has 0 fully saturated rings. The zero-order chi connectivity index (χ0) is 15.9. The standard InChI is InChI=1S/C14H10F2N2O3S/c15-10-6-5-9(7-11(10)16)8-18-14(19)17-12-3-1-2-4-13(12)22(18,20)21/h1-7H,8H2,(H,17,19). The largest absolute Gasteiger partial charge is 0.336 e. The molecule has 2 aromatic carbocycles. The van der Waals surface area contributed by atoms with E-state index in [4.69, 9.17) is 0 Å². The average Bonchev–Trinajstić information content (AvgIpc) is 2.47. The quantitative estimate of drug-likeness (QED) is 0.923. The molecule has 22 heavy (non-hydrogen) atoms. The number of carbonyl (C=O) groups is 1. The number of hydrogen-bond donors (Lipinski definition) is 1. The van der Waals surface area contributed by atoms with E-state index in [9.17, 15) is 22.0 Å². The van der Waals surface area contributed by atoms with Crippen LogP contribution in [0.4, 0.5) is 19.3 Å². The minimum Gasteiger partial charge on any atom is -0.306 e. The molecule has 5 nitrogen and oxygen atoms in total. The lowest BCUT2D eigenvalue weighted by molar-refractivity contribution is 0.233. The molecule has 1 N–H and O–H groups in total. The molecule has 3 rings (SSSR count). The van der Waals surface area contributed by atoms with E-state index in [1.165, 1.54) is 24.3 Å². The first-order chi connectivity index (χ1) is 10.4. The summed E-state index contributed by atoms with van der Waals surface area (Å²) in [5.74, 6) is -2.15. The third-order valence-electron chi connectivity index (χ3n) is 3.23. The van der Waals surface area contributed by atoms with Gasteiger partial charge in [0.25, 0.3) is 10.0 Å². The van der Waals surface area contributed by atoms with Gasteiger partial charge in [-0.3, -0.25) is 0 Å². The Labute approximate surface area is 125 Å². The highest BCUT2D eigenvalue weighted by atomic mass is 32.2. The number of sulfonamides is 1. The topological polar surface area (TPSA) is 66.5 Å².